The van der Waals surface area contributed by atoms with Crippen LogP contribution in [0.15, 0.2) is 47.7 Å². The Balaban J connectivity index is 0.000000181. The van der Waals surface area contributed by atoms with Crippen LogP contribution in [0.5, 0.6) is 0 Å². The quantitative estimate of drug-likeness (QED) is 0.665. The molecule has 1 aromatic carbocycles. The fourth-order valence-corrected chi connectivity index (χ4v) is 3.68. The molecule has 2 aromatic heterocycles. The first-order valence-electron chi connectivity index (χ1n) is 9.29. The smallest absolute Gasteiger partial charge is 0.270 e. The average Bonchev–Trinajstić information content (AvgIpc) is 3.23. The van der Waals surface area contributed by atoms with Gasteiger partial charge in [0.25, 0.3) is 0 Å². The summed E-state index contributed by atoms with van der Waals surface area (Å²) < 4.78 is 3.49. The van der Waals surface area contributed by atoms with Gasteiger partial charge >= 0.3 is 5.69 Å². The van der Waals surface area contributed by atoms with Gasteiger partial charge in [0.1, 0.15) is 11.9 Å². The van der Waals surface area contributed by atoms with Crippen molar-refractivity contribution < 1.29 is 0 Å². The Morgan fingerprint density at radius 1 is 1.18 bits per heavy atom. The number of rotatable bonds is 2. The lowest BCUT2D eigenvalue weighted by molar-refractivity contribution is 0.277. The second kappa shape index (κ2) is 7.95. The van der Waals surface area contributed by atoms with Gasteiger partial charge in [0.05, 0.1) is 34.6 Å². The summed E-state index contributed by atoms with van der Waals surface area (Å²) in [6, 6.07) is 9.24. The Kier molecular flexibility index (Phi) is 5.22. The minimum Gasteiger partial charge on any atom is -0.270 e. The second-order valence-corrected chi connectivity index (χ2v) is 7.28. The normalized spacial score (nSPS) is 17.8. The van der Waals surface area contributed by atoms with Gasteiger partial charge in [-0.25, -0.2) is 9.48 Å². The molecule has 1 aliphatic carbocycles. The Labute approximate surface area is 167 Å². The van der Waals surface area contributed by atoms with E-state index in [1.807, 2.05) is 10.6 Å². The van der Waals surface area contributed by atoms with E-state index in [1.54, 1.807) is 47.5 Å². The molecule has 0 spiro atoms. The molecule has 28 heavy (non-hydrogen) atoms. The number of aromatic nitrogens is 5. The zero-order valence-corrected chi connectivity index (χ0v) is 16.0. The summed E-state index contributed by atoms with van der Waals surface area (Å²) >= 11 is 5.60. The molecule has 1 fully saturated rings. The average molecular weight is 395 g/mol. The number of hydrogen-bond acceptors (Lipinski definition) is 5. The standard InChI is InChI=1S/C13H15N5O.C7H4ClN/c19-13-17-11(10-8-14-6-7-15-10)4-5-12(17)16-18(13)9-2-1-3-9;8-7-4-2-1-3-6(7)5-9/h6-9,11H,1-5H2;1-4H. The van der Waals surface area contributed by atoms with Crippen molar-refractivity contribution in [1.82, 2.24) is 24.3 Å². The van der Waals surface area contributed by atoms with Crippen molar-refractivity contribution in [3.05, 3.63) is 75.4 Å². The van der Waals surface area contributed by atoms with Gasteiger partial charge in [-0.15, -0.1) is 0 Å². The minimum absolute atomic E-state index is 0.00465. The molecule has 3 aromatic rings. The van der Waals surface area contributed by atoms with Gasteiger partial charge in [0, 0.05) is 18.8 Å². The van der Waals surface area contributed by atoms with Crippen molar-refractivity contribution in [1.29, 1.82) is 5.26 Å². The van der Waals surface area contributed by atoms with Crippen molar-refractivity contribution in [2.45, 2.75) is 44.2 Å². The molecular weight excluding hydrogens is 376 g/mol. The third kappa shape index (κ3) is 3.43. The van der Waals surface area contributed by atoms with Crippen molar-refractivity contribution in [3.63, 3.8) is 0 Å². The van der Waals surface area contributed by atoms with E-state index in [9.17, 15) is 4.79 Å². The molecule has 1 atom stereocenters. The molecule has 0 amide bonds. The first-order valence-corrected chi connectivity index (χ1v) is 9.67. The lowest BCUT2D eigenvalue weighted by Gasteiger charge is -2.24. The topological polar surface area (TPSA) is 89.4 Å². The number of fused-ring (bicyclic) bond motifs is 1. The van der Waals surface area contributed by atoms with E-state index in [4.69, 9.17) is 16.9 Å². The van der Waals surface area contributed by atoms with Gasteiger partial charge < -0.3 is 0 Å². The summed E-state index contributed by atoms with van der Waals surface area (Å²) in [6.45, 7) is 0. The van der Waals surface area contributed by atoms with Crippen LogP contribution in [-0.4, -0.2) is 24.3 Å². The molecule has 0 N–H and O–H groups in total. The summed E-state index contributed by atoms with van der Waals surface area (Å²) in [5.41, 5.74) is 1.41. The highest BCUT2D eigenvalue weighted by atomic mass is 35.5. The van der Waals surface area contributed by atoms with E-state index in [-0.39, 0.29) is 11.7 Å². The molecule has 2 aliphatic rings. The third-order valence-electron chi connectivity index (χ3n) is 5.20. The Morgan fingerprint density at radius 3 is 2.61 bits per heavy atom. The van der Waals surface area contributed by atoms with Crippen LogP contribution in [-0.2, 0) is 6.42 Å². The largest absolute Gasteiger partial charge is 0.346 e. The first-order chi connectivity index (χ1) is 13.7. The SMILES string of the molecule is N#Cc1ccccc1Cl.O=c1n(C2CCC2)nc2n1C(c1cnccn1)CC2. The molecule has 142 valence electrons. The van der Waals surface area contributed by atoms with Crippen molar-refractivity contribution in [3.8, 4) is 6.07 Å². The van der Waals surface area contributed by atoms with Crippen LogP contribution in [0.3, 0.4) is 0 Å². The van der Waals surface area contributed by atoms with Crippen LogP contribution in [0.4, 0.5) is 0 Å². The van der Waals surface area contributed by atoms with Crippen LogP contribution >= 0.6 is 11.6 Å². The fourth-order valence-electron chi connectivity index (χ4n) is 3.50. The predicted octanol–water partition coefficient (Wildman–Crippen LogP) is 3.31. The van der Waals surface area contributed by atoms with Crippen molar-refractivity contribution >= 4 is 11.6 Å². The summed E-state index contributed by atoms with van der Waals surface area (Å²) in [5.74, 6) is 0.896. The highest BCUT2D eigenvalue weighted by Gasteiger charge is 2.32. The van der Waals surface area contributed by atoms with E-state index in [0.29, 0.717) is 16.6 Å². The molecule has 5 rings (SSSR count). The van der Waals surface area contributed by atoms with Crippen LogP contribution < -0.4 is 5.69 Å². The van der Waals surface area contributed by atoms with Gasteiger partial charge in [0.15, 0.2) is 0 Å². The van der Waals surface area contributed by atoms with E-state index in [2.05, 4.69) is 15.1 Å². The maximum Gasteiger partial charge on any atom is 0.346 e. The molecular formula is C20H19ClN6O. The van der Waals surface area contributed by atoms with E-state index < -0.39 is 0 Å². The zero-order valence-electron chi connectivity index (χ0n) is 15.2. The lowest BCUT2D eigenvalue weighted by atomic mass is 9.93. The van der Waals surface area contributed by atoms with Crippen LogP contribution in [0, 0.1) is 11.3 Å². The van der Waals surface area contributed by atoms with Gasteiger partial charge in [-0.05, 0) is 37.8 Å². The second-order valence-electron chi connectivity index (χ2n) is 6.87. The van der Waals surface area contributed by atoms with E-state index >= 15 is 0 Å². The molecule has 7 nitrogen and oxygen atoms in total. The Bertz CT molecular complexity index is 1060. The first kappa shape index (κ1) is 18.4. The third-order valence-corrected chi connectivity index (χ3v) is 5.53. The lowest BCUT2D eigenvalue weighted by Crippen LogP contribution is -2.32. The summed E-state index contributed by atoms with van der Waals surface area (Å²) in [4.78, 5) is 20.9. The van der Waals surface area contributed by atoms with Gasteiger partial charge in [-0.1, -0.05) is 23.7 Å². The number of aryl methyl sites for hydroxylation is 1. The summed E-state index contributed by atoms with van der Waals surface area (Å²) in [6.07, 6.45) is 10.2. The number of hydrogen-bond donors (Lipinski definition) is 0. The highest BCUT2D eigenvalue weighted by Crippen LogP contribution is 2.32. The fraction of sp³-hybridized carbons (Fsp3) is 0.350. The molecule has 1 unspecified atom stereocenters. The maximum atomic E-state index is 12.5. The highest BCUT2D eigenvalue weighted by molar-refractivity contribution is 6.31. The van der Waals surface area contributed by atoms with Crippen LogP contribution in [0.25, 0.3) is 0 Å². The number of nitriles is 1. The Hall–Kier alpha value is -2.98. The monoisotopic (exact) mass is 394 g/mol. The zero-order chi connectivity index (χ0) is 19.5. The van der Waals surface area contributed by atoms with Crippen molar-refractivity contribution in [2.24, 2.45) is 0 Å². The van der Waals surface area contributed by atoms with E-state index in [1.165, 1.54) is 6.42 Å². The van der Waals surface area contributed by atoms with Gasteiger partial charge in [0.2, 0.25) is 0 Å². The number of nitrogens with zero attached hydrogens (tertiary/aromatic N) is 6. The molecule has 0 saturated heterocycles. The maximum absolute atomic E-state index is 12.5. The molecule has 0 radical (unpaired) electrons. The summed E-state index contributed by atoms with van der Waals surface area (Å²) in [5, 5.41) is 13.4. The van der Waals surface area contributed by atoms with E-state index in [0.717, 1.165) is 37.2 Å². The molecule has 1 saturated carbocycles. The molecule has 0 bridgehead atoms. The molecule has 3 heterocycles. The summed E-state index contributed by atoms with van der Waals surface area (Å²) in [7, 11) is 0. The number of benzene rings is 1. The van der Waals surface area contributed by atoms with Crippen molar-refractivity contribution in [2.75, 3.05) is 0 Å². The number of halogens is 1. The predicted molar refractivity (Wildman–Crippen MR) is 104 cm³/mol. The van der Waals surface area contributed by atoms with Crippen LogP contribution in [0.2, 0.25) is 5.02 Å². The molecule has 1 aliphatic heterocycles. The van der Waals surface area contributed by atoms with Gasteiger partial charge in [-0.3, -0.25) is 14.5 Å². The van der Waals surface area contributed by atoms with Crippen LogP contribution in [0.1, 0.15) is 54.8 Å². The minimum atomic E-state index is 0.00465. The Morgan fingerprint density at radius 2 is 2.00 bits per heavy atom. The molecule has 8 heteroatoms. The van der Waals surface area contributed by atoms with Gasteiger partial charge in [-0.2, -0.15) is 10.4 Å².